The molecule has 0 fully saturated rings. The summed E-state index contributed by atoms with van der Waals surface area (Å²) in [5.74, 6) is 2.63. The van der Waals surface area contributed by atoms with Crippen molar-refractivity contribution in [2.45, 2.75) is 92.4 Å². The first-order valence-corrected chi connectivity index (χ1v) is 9.22. The molecule has 0 saturated heterocycles. The molecule has 0 radical (unpaired) electrons. The van der Waals surface area contributed by atoms with Crippen molar-refractivity contribution in [1.82, 2.24) is 0 Å². The summed E-state index contributed by atoms with van der Waals surface area (Å²) in [6, 6.07) is 0. The van der Waals surface area contributed by atoms with Crippen LogP contribution >= 0.6 is 0 Å². The first-order valence-electron chi connectivity index (χ1n) is 9.22. The van der Waals surface area contributed by atoms with Crippen LogP contribution in [0.2, 0.25) is 0 Å². The lowest BCUT2D eigenvalue weighted by Gasteiger charge is -2.15. The van der Waals surface area contributed by atoms with E-state index in [0.29, 0.717) is 0 Å². The molecule has 0 heterocycles. The molecule has 126 valence electrons. The van der Waals surface area contributed by atoms with Crippen molar-refractivity contribution in [2.24, 2.45) is 17.8 Å². The summed E-state index contributed by atoms with van der Waals surface area (Å²) < 4.78 is 0. The van der Waals surface area contributed by atoms with E-state index in [4.69, 9.17) is 5.11 Å². The molecule has 0 aliphatic heterocycles. The van der Waals surface area contributed by atoms with Gasteiger partial charge in [-0.2, -0.15) is 0 Å². The van der Waals surface area contributed by atoms with E-state index in [2.05, 4.69) is 34.6 Å². The Kier molecular flexibility index (Phi) is 13.2. The van der Waals surface area contributed by atoms with E-state index in [-0.39, 0.29) is 6.61 Å². The Labute approximate surface area is 134 Å². The summed E-state index contributed by atoms with van der Waals surface area (Å²) in [4.78, 5) is 0. The van der Waals surface area contributed by atoms with Crippen LogP contribution in [0.5, 0.6) is 0 Å². The summed E-state index contributed by atoms with van der Waals surface area (Å²) in [6.07, 6.45) is 14.1. The molecule has 1 heteroatoms. The fourth-order valence-electron chi connectivity index (χ4n) is 2.97. The van der Waals surface area contributed by atoms with Crippen molar-refractivity contribution in [1.29, 1.82) is 0 Å². The molecule has 0 saturated carbocycles. The third-order valence-corrected chi connectivity index (χ3v) is 4.58. The summed E-state index contributed by atoms with van der Waals surface area (Å²) in [5, 5.41) is 8.83. The van der Waals surface area contributed by atoms with Gasteiger partial charge in [0.05, 0.1) is 6.61 Å². The van der Waals surface area contributed by atoms with Gasteiger partial charge in [-0.05, 0) is 37.5 Å². The highest BCUT2D eigenvalue weighted by atomic mass is 16.2. The van der Waals surface area contributed by atoms with Gasteiger partial charge in [-0.3, -0.25) is 0 Å². The Hall–Kier alpha value is -0.300. The first kappa shape index (κ1) is 20.7. The van der Waals surface area contributed by atoms with Gasteiger partial charge in [-0.1, -0.05) is 84.3 Å². The highest BCUT2D eigenvalue weighted by Gasteiger charge is 2.06. The fraction of sp³-hybridized carbons (Fsp3) is 0.900. The molecule has 0 rings (SSSR count). The second kappa shape index (κ2) is 13.4. The van der Waals surface area contributed by atoms with Crippen LogP contribution in [0.4, 0.5) is 0 Å². The van der Waals surface area contributed by atoms with Crippen molar-refractivity contribution in [3.63, 3.8) is 0 Å². The topological polar surface area (TPSA) is 20.2 Å². The second-order valence-corrected chi connectivity index (χ2v) is 7.59. The molecule has 0 unspecified atom stereocenters. The zero-order chi connectivity index (χ0) is 16.1. The quantitative estimate of drug-likeness (QED) is 0.392. The van der Waals surface area contributed by atoms with Crippen LogP contribution in [0.3, 0.4) is 0 Å². The van der Waals surface area contributed by atoms with E-state index < -0.39 is 0 Å². The fourth-order valence-corrected chi connectivity index (χ4v) is 2.97. The minimum absolute atomic E-state index is 0.191. The summed E-state index contributed by atoms with van der Waals surface area (Å²) in [7, 11) is 0. The molecule has 0 aliphatic rings. The van der Waals surface area contributed by atoms with Crippen LogP contribution in [-0.4, -0.2) is 11.7 Å². The van der Waals surface area contributed by atoms with Gasteiger partial charge in [0.25, 0.3) is 0 Å². The van der Waals surface area contributed by atoms with E-state index in [1.807, 2.05) is 6.08 Å². The Morgan fingerprint density at radius 3 is 1.76 bits per heavy atom. The van der Waals surface area contributed by atoms with Gasteiger partial charge in [0, 0.05) is 0 Å². The molecule has 21 heavy (non-hydrogen) atoms. The summed E-state index contributed by atoms with van der Waals surface area (Å²) >= 11 is 0. The number of rotatable bonds is 13. The molecule has 2 atom stereocenters. The van der Waals surface area contributed by atoms with E-state index in [1.54, 1.807) is 0 Å². The minimum atomic E-state index is 0.191. The molecule has 0 spiro atoms. The lowest BCUT2D eigenvalue weighted by atomic mass is 9.91. The van der Waals surface area contributed by atoms with E-state index >= 15 is 0 Å². The molecule has 0 bridgehead atoms. The van der Waals surface area contributed by atoms with Gasteiger partial charge in [-0.25, -0.2) is 0 Å². The highest BCUT2D eigenvalue weighted by Crippen LogP contribution is 2.21. The SMILES string of the molecule is C/C(=C/CO)CCC[C@H](C)CCC[C@H](C)CCCC(C)C. The van der Waals surface area contributed by atoms with Crippen molar-refractivity contribution in [3.8, 4) is 0 Å². The smallest absolute Gasteiger partial charge is 0.0614 e. The van der Waals surface area contributed by atoms with Crippen LogP contribution in [0.1, 0.15) is 92.4 Å². The van der Waals surface area contributed by atoms with Crippen molar-refractivity contribution in [2.75, 3.05) is 6.61 Å². The zero-order valence-electron chi connectivity index (χ0n) is 15.3. The van der Waals surface area contributed by atoms with Gasteiger partial charge >= 0.3 is 0 Å². The Bertz CT molecular complexity index is 255. The number of hydrogen-bond donors (Lipinski definition) is 1. The summed E-state index contributed by atoms with van der Waals surface area (Å²) in [5.41, 5.74) is 1.34. The molecular formula is C20H40O. The van der Waals surface area contributed by atoms with Crippen molar-refractivity contribution >= 4 is 0 Å². The van der Waals surface area contributed by atoms with Gasteiger partial charge in [0.1, 0.15) is 0 Å². The lowest BCUT2D eigenvalue weighted by Crippen LogP contribution is -2.00. The minimum Gasteiger partial charge on any atom is -0.392 e. The zero-order valence-corrected chi connectivity index (χ0v) is 15.3. The van der Waals surface area contributed by atoms with Gasteiger partial charge in [0.15, 0.2) is 0 Å². The molecular weight excluding hydrogens is 256 g/mol. The monoisotopic (exact) mass is 296 g/mol. The van der Waals surface area contributed by atoms with Crippen LogP contribution in [0, 0.1) is 17.8 Å². The number of aliphatic hydroxyl groups excluding tert-OH is 1. The van der Waals surface area contributed by atoms with Gasteiger partial charge in [0.2, 0.25) is 0 Å². The number of allylic oxidation sites excluding steroid dienone is 1. The first-order chi connectivity index (χ1) is 9.95. The van der Waals surface area contributed by atoms with E-state index in [0.717, 1.165) is 24.2 Å². The molecule has 1 nitrogen and oxygen atoms in total. The molecule has 0 amide bonds. The van der Waals surface area contributed by atoms with Crippen LogP contribution in [0.15, 0.2) is 11.6 Å². The third kappa shape index (κ3) is 14.4. The maximum atomic E-state index is 8.83. The molecule has 0 aromatic heterocycles. The van der Waals surface area contributed by atoms with Crippen molar-refractivity contribution in [3.05, 3.63) is 11.6 Å². The lowest BCUT2D eigenvalue weighted by molar-refractivity contribution is 0.341. The van der Waals surface area contributed by atoms with Crippen LogP contribution < -0.4 is 0 Å². The van der Waals surface area contributed by atoms with E-state index in [9.17, 15) is 0 Å². The average Bonchev–Trinajstić information content (AvgIpc) is 2.38. The van der Waals surface area contributed by atoms with Crippen molar-refractivity contribution < 1.29 is 5.11 Å². The predicted molar refractivity (Wildman–Crippen MR) is 95.6 cm³/mol. The molecule has 0 aromatic carbocycles. The van der Waals surface area contributed by atoms with Crippen LogP contribution in [0.25, 0.3) is 0 Å². The van der Waals surface area contributed by atoms with E-state index in [1.165, 1.54) is 56.9 Å². The normalized spacial score (nSPS) is 15.5. The third-order valence-electron chi connectivity index (χ3n) is 4.58. The summed E-state index contributed by atoms with van der Waals surface area (Å²) in [6.45, 7) is 11.8. The average molecular weight is 297 g/mol. The number of aliphatic hydroxyl groups is 1. The Morgan fingerprint density at radius 2 is 1.29 bits per heavy atom. The maximum Gasteiger partial charge on any atom is 0.0614 e. The predicted octanol–water partition coefficient (Wildman–Crippen LogP) is 6.36. The second-order valence-electron chi connectivity index (χ2n) is 7.59. The standard InChI is InChI=1S/C20H40O/c1-17(2)9-6-10-18(3)11-7-12-19(4)13-8-14-20(5)15-16-21/h15,17-19,21H,6-14,16H2,1-5H3/b20-15-/t18-,19-/m1/s1. The molecule has 0 aliphatic carbocycles. The Morgan fingerprint density at radius 1 is 0.810 bits per heavy atom. The Balaban J connectivity index is 3.52. The highest BCUT2D eigenvalue weighted by molar-refractivity contribution is 4.97. The van der Waals surface area contributed by atoms with Gasteiger partial charge < -0.3 is 5.11 Å². The number of hydrogen-bond acceptors (Lipinski definition) is 1. The maximum absolute atomic E-state index is 8.83. The van der Waals surface area contributed by atoms with Crippen LogP contribution in [-0.2, 0) is 0 Å². The largest absolute Gasteiger partial charge is 0.392 e. The molecule has 0 aromatic rings. The molecule has 1 N–H and O–H groups in total. The van der Waals surface area contributed by atoms with Gasteiger partial charge in [-0.15, -0.1) is 0 Å².